The third-order valence-electron chi connectivity index (χ3n) is 11.9. The number of hydrogen-bond donors (Lipinski definition) is 0. The average molecular weight is 722 g/mol. The molecule has 11 rings (SSSR count). The van der Waals surface area contributed by atoms with Gasteiger partial charge in [0.05, 0.1) is 17.1 Å². The largest absolute Gasteiger partial charge is 0.309 e. The molecular formula is C52H36FN3. The molecule has 1 aliphatic carbocycles. The number of anilines is 6. The Kier molecular flexibility index (Phi) is 7.08. The van der Waals surface area contributed by atoms with Crippen molar-refractivity contribution in [1.82, 2.24) is 4.98 Å². The molecule has 4 heteroatoms. The van der Waals surface area contributed by atoms with E-state index in [4.69, 9.17) is 4.98 Å². The van der Waals surface area contributed by atoms with Gasteiger partial charge in [-0.3, -0.25) is 4.90 Å². The van der Waals surface area contributed by atoms with Crippen LogP contribution in [0.4, 0.5) is 38.6 Å². The van der Waals surface area contributed by atoms with E-state index in [1.54, 1.807) is 12.1 Å². The Bertz CT molecular complexity index is 3150. The Labute approximate surface area is 324 Å². The number of pyridine rings is 1. The molecule has 0 saturated carbocycles. The van der Waals surface area contributed by atoms with Crippen LogP contribution >= 0.6 is 0 Å². The van der Waals surface area contributed by atoms with Crippen LogP contribution in [-0.4, -0.2) is 4.98 Å². The summed E-state index contributed by atoms with van der Waals surface area (Å²) in [4.78, 5) is 9.56. The van der Waals surface area contributed by atoms with Crippen LogP contribution in [0.15, 0.2) is 182 Å². The molecule has 0 amide bonds. The van der Waals surface area contributed by atoms with Gasteiger partial charge in [0.25, 0.3) is 0 Å². The molecule has 56 heavy (non-hydrogen) atoms. The first kappa shape index (κ1) is 32.4. The van der Waals surface area contributed by atoms with Gasteiger partial charge in [0.15, 0.2) is 0 Å². The highest BCUT2D eigenvalue weighted by Crippen LogP contribution is 2.55. The van der Waals surface area contributed by atoms with Gasteiger partial charge in [0.2, 0.25) is 0 Å². The van der Waals surface area contributed by atoms with Crippen LogP contribution in [0.25, 0.3) is 54.2 Å². The lowest BCUT2D eigenvalue weighted by Gasteiger charge is -2.30. The summed E-state index contributed by atoms with van der Waals surface area (Å²) in [6, 6.07) is 61.1. The second kappa shape index (κ2) is 12.2. The van der Waals surface area contributed by atoms with Crippen molar-refractivity contribution in [3.63, 3.8) is 0 Å². The molecule has 10 aromatic rings. The molecule has 0 N–H and O–H groups in total. The van der Waals surface area contributed by atoms with Crippen molar-refractivity contribution in [2.75, 3.05) is 9.80 Å². The quantitative estimate of drug-likeness (QED) is 0.159. The van der Waals surface area contributed by atoms with E-state index in [-0.39, 0.29) is 11.2 Å². The first-order chi connectivity index (χ1) is 27.5. The number of rotatable bonds is 6. The third kappa shape index (κ3) is 4.79. The number of halogens is 1. The summed E-state index contributed by atoms with van der Waals surface area (Å²) in [5, 5.41) is 9.14. The van der Waals surface area contributed by atoms with Gasteiger partial charge >= 0.3 is 0 Å². The topological polar surface area (TPSA) is 19.4 Å². The standard InChI is InChI=1S/C52H36FN3/c1-52(2)43-19-9-8-18-40(43)51-44(52)20-11-21-47(51)55(39-17-10-14-37(53)31-39)45-28-24-33-23-27-42-46(29-25-34-22-26-41(45)49(33)50(34)42)56(38-15-4-3-5-16-38)48-30-35-12-6-7-13-36(35)32-54-48/h3-32H,1-2H3. The summed E-state index contributed by atoms with van der Waals surface area (Å²) in [6.07, 6.45) is 1.96. The van der Waals surface area contributed by atoms with Crippen molar-refractivity contribution in [2.45, 2.75) is 19.3 Å². The predicted molar refractivity (Wildman–Crippen MR) is 232 cm³/mol. The zero-order chi connectivity index (χ0) is 37.5. The maximum absolute atomic E-state index is 15.3. The number of hydrogen-bond acceptors (Lipinski definition) is 3. The van der Waals surface area contributed by atoms with Crippen LogP contribution in [-0.2, 0) is 5.41 Å². The Balaban J connectivity index is 1.18. The van der Waals surface area contributed by atoms with Crippen LogP contribution in [0, 0.1) is 5.82 Å². The molecule has 266 valence electrons. The summed E-state index contributed by atoms with van der Waals surface area (Å²) in [7, 11) is 0. The lowest BCUT2D eigenvalue weighted by atomic mass is 9.82. The average Bonchev–Trinajstić information content (AvgIpc) is 3.47. The first-order valence-electron chi connectivity index (χ1n) is 19.2. The fourth-order valence-corrected chi connectivity index (χ4v) is 9.27. The minimum Gasteiger partial charge on any atom is -0.309 e. The molecule has 1 heterocycles. The summed E-state index contributed by atoms with van der Waals surface area (Å²) in [5.74, 6) is 0.579. The van der Waals surface area contributed by atoms with E-state index < -0.39 is 0 Å². The lowest BCUT2D eigenvalue weighted by molar-refractivity contribution is 0.628. The normalized spacial score (nSPS) is 13.1. The molecule has 1 aromatic heterocycles. The van der Waals surface area contributed by atoms with Gasteiger partial charge in [-0.25, -0.2) is 9.37 Å². The number of para-hydroxylation sites is 1. The van der Waals surface area contributed by atoms with Gasteiger partial charge in [-0.05, 0) is 98.2 Å². The zero-order valence-corrected chi connectivity index (χ0v) is 31.0. The Hall–Kier alpha value is -7.04. The third-order valence-corrected chi connectivity index (χ3v) is 11.9. The summed E-state index contributed by atoms with van der Waals surface area (Å²) < 4.78 is 15.3. The van der Waals surface area contributed by atoms with Crippen molar-refractivity contribution in [3.8, 4) is 11.1 Å². The second-order valence-corrected chi connectivity index (χ2v) is 15.3. The SMILES string of the molecule is CC1(C)c2ccccc2-c2c(N(c3cccc(F)c3)c3ccc4ccc5c(N(c6ccccc6)c6cc7ccccc7cn6)ccc6ccc3c4c65)cccc21. The van der Waals surface area contributed by atoms with Crippen molar-refractivity contribution >= 4 is 77.3 Å². The minimum absolute atomic E-state index is 0.181. The second-order valence-electron chi connectivity index (χ2n) is 15.3. The molecule has 9 aromatic carbocycles. The van der Waals surface area contributed by atoms with E-state index in [0.29, 0.717) is 0 Å². The highest BCUT2D eigenvalue weighted by molar-refractivity contribution is 6.28. The summed E-state index contributed by atoms with van der Waals surface area (Å²) >= 11 is 0. The minimum atomic E-state index is -0.272. The number of benzene rings is 9. The van der Waals surface area contributed by atoms with E-state index in [1.807, 2.05) is 24.4 Å². The highest BCUT2D eigenvalue weighted by Gasteiger charge is 2.38. The molecule has 0 fully saturated rings. The van der Waals surface area contributed by atoms with Crippen LogP contribution in [0.3, 0.4) is 0 Å². The molecule has 1 aliphatic rings. The monoisotopic (exact) mass is 721 g/mol. The van der Waals surface area contributed by atoms with Gasteiger partial charge in [0.1, 0.15) is 11.6 Å². The Morgan fingerprint density at radius 1 is 0.464 bits per heavy atom. The molecule has 0 saturated heterocycles. The molecule has 0 spiro atoms. The number of fused-ring (bicyclic) bond motifs is 4. The van der Waals surface area contributed by atoms with Gasteiger partial charge in [-0.15, -0.1) is 0 Å². The van der Waals surface area contributed by atoms with E-state index >= 15 is 4.39 Å². The first-order valence-corrected chi connectivity index (χ1v) is 19.2. The van der Waals surface area contributed by atoms with Crippen LogP contribution < -0.4 is 9.80 Å². The van der Waals surface area contributed by atoms with Crippen molar-refractivity contribution in [1.29, 1.82) is 0 Å². The summed E-state index contributed by atoms with van der Waals surface area (Å²) in [6.45, 7) is 4.60. The molecule has 3 nitrogen and oxygen atoms in total. The lowest BCUT2D eigenvalue weighted by Crippen LogP contribution is -2.16. The van der Waals surface area contributed by atoms with Crippen molar-refractivity contribution in [3.05, 3.63) is 199 Å². The maximum Gasteiger partial charge on any atom is 0.138 e. The fourth-order valence-electron chi connectivity index (χ4n) is 9.27. The molecule has 0 aliphatic heterocycles. The van der Waals surface area contributed by atoms with E-state index in [9.17, 15) is 0 Å². The van der Waals surface area contributed by atoms with Gasteiger partial charge in [-0.1, -0.05) is 135 Å². The smallest absolute Gasteiger partial charge is 0.138 e. The maximum atomic E-state index is 15.3. The number of nitrogens with zero attached hydrogens (tertiary/aromatic N) is 3. The van der Waals surface area contributed by atoms with Crippen molar-refractivity contribution in [2.24, 2.45) is 0 Å². The Morgan fingerprint density at radius 3 is 1.82 bits per heavy atom. The highest BCUT2D eigenvalue weighted by atomic mass is 19.1. The van der Waals surface area contributed by atoms with Crippen LogP contribution in [0.2, 0.25) is 0 Å². The Morgan fingerprint density at radius 2 is 1.07 bits per heavy atom. The van der Waals surface area contributed by atoms with Gasteiger partial charge in [0, 0.05) is 44.7 Å². The molecule has 0 atom stereocenters. The molecular weight excluding hydrogens is 686 g/mol. The predicted octanol–water partition coefficient (Wildman–Crippen LogP) is 14.5. The van der Waals surface area contributed by atoms with Gasteiger partial charge < -0.3 is 4.90 Å². The van der Waals surface area contributed by atoms with E-state index in [0.717, 1.165) is 66.6 Å². The van der Waals surface area contributed by atoms with E-state index in [2.05, 4.69) is 163 Å². The van der Waals surface area contributed by atoms with E-state index in [1.165, 1.54) is 39.1 Å². The number of aromatic nitrogens is 1. The van der Waals surface area contributed by atoms with Gasteiger partial charge in [-0.2, -0.15) is 0 Å². The van der Waals surface area contributed by atoms with Crippen LogP contribution in [0.5, 0.6) is 0 Å². The van der Waals surface area contributed by atoms with Crippen molar-refractivity contribution < 1.29 is 4.39 Å². The fraction of sp³-hybridized carbons (Fsp3) is 0.0577. The molecule has 0 bridgehead atoms. The molecule has 0 unspecified atom stereocenters. The summed E-state index contributed by atoms with van der Waals surface area (Å²) in [5.41, 5.74) is 9.66. The molecule has 0 radical (unpaired) electrons. The van der Waals surface area contributed by atoms with Crippen LogP contribution in [0.1, 0.15) is 25.0 Å². The zero-order valence-electron chi connectivity index (χ0n) is 31.0.